The van der Waals surface area contributed by atoms with Crippen molar-refractivity contribution >= 4 is 28.5 Å². The molecule has 0 saturated carbocycles. The van der Waals surface area contributed by atoms with E-state index in [1.807, 2.05) is 0 Å². The fourth-order valence-corrected chi connectivity index (χ4v) is 2.20. The molecule has 4 nitrogen and oxygen atoms in total. The van der Waals surface area contributed by atoms with Crippen LogP contribution in [0.3, 0.4) is 0 Å². The molecule has 0 aliphatic rings. The van der Waals surface area contributed by atoms with Crippen molar-refractivity contribution in [2.45, 2.75) is 0 Å². The molecule has 1 aromatic heterocycles. The highest BCUT2D eigenvalue weighted by molar-refractivity contribution is 6.31. The Labute approximate surface area is 119 Å². The van der Waals surface area contributed by atoms with Crippen LogP contribution < -0.4 is 11.3 Å². The number of rotatable bonds is 2. The van der Waals surface area contributed by atoms with Crippen LogP contribution in [0.4, 0.5) is 10.3 Å². The predicted octanol–water partition coefficient (Wildman–Crippen LogP) is 3.37. The quantitative estimate of drug-likeness (QED) is 0.560. The van der Waals surface area contributed by atoms with Crippen molar-refractivity contribution in [3.05, 3.63) is 53.3 Å². The Morgan fingerprint density at radius 1 is 1.10 bits per heavy atom. The third kappa shape index (κ3) is 2.17. The Kier molecular flexibility index (Phi) is 3.22. The maximum absolute atomic E-state index is 14.0. The fourth-order valence-electron chi connectivity index (χ4n) is 2.02. The van der Waals surface area contributed by atoms with Gasteiger partial charge in [0.05, 0.1) is 11.2 Å². The van der Waals surface area contributed by atoms with E-state index in [1.165, 1.54) is 6.07 Å². The average Bonchev–Trinajstić information content (AvgIpc) is 2.47. The summed E-state index contributed by atoms with van der Waals surface area (Å²) in [6, 6.07) is 11.6. The van der Waals surface area contributed by atoms with Crippen molar-refractivity contribution < 1.29 is 4.39 Å². The summed E-state index contributed by atoms with van der Waals surface area (Å²) in [4.78, 5) is 8.47. The van der Waals surface area contributed by atoms with Crippen LogP contribution in [0.1, 0.15) is 0 Å². The van der Waals surface area contributed by atoms with E-state index in [2.05, 4.69) is 15.4 Å². The Morgan fingerprint density at radius 3 is 2.65 bits per heavy atom. The number of nitrogens with zero attached hydrogens (tertiary/aromatic N) is 2. The molecule has 0 amide bonds. The number of aromatic nitrogens is 2. The first-order valence-corrected chi connectivity index (χ1v) is 6.25. The summed E-state index contributed by atoms with van der Waals surface area (Å²) in [6.45, 7) is 0. The van der Waals surface area contributed by atoms with Gasteiger partial charge in [-0.15, -0.1) is 0 Å². The molecule has 0 atom stereocenters. The molecule has 0 spiro atoms. The van der Waals surface area contributed by atoms with Crippen LogP contribution in [0.15, 0.2) is 42.5 Å². The normalized spacial score (nSPS) is 10.8. The molecule has 3 aromatic rings. The molecule has 1 heterocycles. The molecule has 0 fully saturated rings. The van der Waals surface area contributed by atoms with Gasteiger partial charge in [-0.3, -0.25) is 5.43 Å². The number of nitrogens with one attached hydrogen (secondary N) is 1. The highest BCUT2D eigenvalue weighted by Crippen LogP contribution is 2.30. The lowest BCUT2D eigenvalue weighted by molar-refractivity contribution is 0.631. The molecule has 100 valence electrons. The SMILES string of the molecule is NNc1nc(-c2ccccc2F)c2cc(Cl)ccc2n1. The summed E-state index contributed by atoms with van der Waals surface area (Å²) in [5.74, 6) is 5.22. The van der Waals surface area contributed by atoms with Crippen LogP contribution in [0, 0.1) is 5.82 Å². The van der Waals surface area contributed by atoms with Crippen molar-refractivity contribution in [2.75, 3.05) is 5.43 Å². The van der Waals surface area contributed by atoms with Gasteiger partial charge in [0, 0.05) is 16.0 Å². The summed E-state index contributed by atoms with van der Waals surface area (Å²) in [5, 5.41) is 1.20. The first-order chi connectivity index (χ1) is 9.69. The summed E-state index contributed by atoms with van der Waals surface area (Å²) in [7, 11) is 0. The largest absolute Gasteiger partial charge is 0.292 e. The molecule has 20 heavy (non-hydrogen) atoms. The van der Waals surface area contributed by atoms with Gasteiger partial charge in [0.2, 0.25) is 5.95 Å². The molecular formula is C14H10ClFN4. The van der Waals surface area contributed by atoms with Crippen LogP contribution in [0.2, 0.25) is 5.02 Å². The van der Waals surface area contributed by atoms with Gasteiger partial charge in [-0.1, -0.05) is 23.7 Å². The lowest BCUT2D eigenvalue weighted by Crippen LogP contribution is -2.11. The minimum Gasteiger partial charge on any atom is -0.292 e. The third-order valence-electron chi connectivity index (χ3n) is 2.92. The van der Waals surface area contributed by atoms with Gasteiger partial charge in [0.1, 0.15) is 5.82 Å². The molecule has 0 saturated heterocycles. The molecule has 0 radical (unpaired) electrons. The zero-order valence-electron chi connectivity index (χ0n) is 10.3. The minimum atomic E-state index is -0.365. The van der Waals surface area contributed by atoms with Gasteiger partial charge >= 0.3 is 0 Å². The Hall–Kier alpha value is -2.24. The zero-order valence-corrected chi connectivity index (χ0v) is 11.0. The van der Waals surface area contributed by atoms with E-state index in [1.54, 1.807) is 36.4 Å². The molecule has 0 unspecified atom stereocenters. The highest BCUT2D eigenvalue weighted by atomic mass is 35.5. The van der Waals surface area contributed by atoms with Crippen LogP contribution in [-0.4, -0.2) is 9.97 Å². The molecule has 3 rings (SSSR count). The van der Waals surface area contributed by atoms with Crippen molar-refractivity contribution in [3.8, 4) is 11.3 Å². The lowest BCUT2D eigenvalue weighted by atomic mass is 10.1. The van der Waals surface area contributed by atoms with Crippen molar-refractivity contribution in [1.29, 1.82) is 0 Å². The van der Waals surface area contributed by atoms with Crippen LogP contribution in [0.5, 0.6) is 0 Å². The van der Waals surface area contributed by atoms with Crippen LogP contribution in [-0.2, 0) is 0 Å². The Morgan fingerprint density at radius 2 is 1.90 bits per heavy atom. The van der Waals surface area contributed by atoms with Crippen LogP contribution in [0.25, 0.3) is 22.2 Å². The van der Waals surface area contributed by atoms with E-state index in [0.29, 0.717) is 27.2 Å². The molecule has 6 heteroatoms. The fraction of sp³-hybridized carbons (Fsp3) is 0. The van der Waals surface area contributed by atoms with Gasteiger partial charge < -0.3 is 0 Å². The van der Waals surface area contributed by atoms with E-state index in [4.69, 9.17) is 17.4 Å². The maximum Gasteiger partial charge on any atom is 0.238 e. The maximum atomic E-state index is 14.0. The summed E-state index contributed by atoms with van der Waals surface area (Å²) >= 11 is 6.00. The number of hydrazine groups is 1. The first kappa shape index (κ1) is 12.8. The second-order valence-corrected chi connectivity index (χ2v) is 4.62. The van der Waals surface area contributed by atoms with E-state index in [9.17, 15) is 4.39 Å². The average molecular weight is 289 g/mol. The van der Waals surface area contributed by atoms with Crippen molar-refractivity contribution in [1.82, 2.24) is 9.97 Å². The number of hydrogen-bond donors (Lipinski definition) is 2. The second-order valence-electron chi connectivity index (χ2n) is 4.18. The van der Waals surface area contributed by atoms with Gasteiger partial charge in [-0.25, -0.2) is 20.2 Å². The molecule has 0 bridgehead atoms. The highest BCUT2D eigenvalue weighted by Gasteiger charge is 2.13. The van der Waals surface area contributed by atoms with Crippen molar-refractivity contribution in [3.63, 3.8) is 0 Å². The summed E-state index contributed by atoms with van der Waals surface area (Å²) in [5.41, 5.74) is 3.84. The zero-order chi connectivity index (χ0) is 14.1. The Bertz CT molecular complexity index is 791. The number of anilines is 1. The van der Waals surface area contributed by atoms with Crippen LogP contribution >= 0.6 is 11.6 Å². The Balaban J connectivity index is 2.38. The van der Waals surface area contributed by atoms with Gasteiger partial charge in [0.15, 0.2) is 0 Å². The molecule has 0 aliphatic heterocycles. The molecule has 3 N–H and O–H groups in total. The summed E-state index contributed by atoms with van der Waals surface area (Å²) in [6.07, 6.45) is 0. The van der Waals surface area contributed by atoms with Gasteiger partial charge in [-0.05, 0) is 30.3 Å². The third-order valence-corrected chi connectivity index (χ3v) is 3.15. The molecular weight excluding hydrogens is 279 g/mol. The lowest BCUT2D eigenvalue weighted by Gasteiger charge is -2.09. The van der Waals surface area contributed by atoms with E-state index in [-0.39, 0.29) is 11.8 Å². The number of fused-ring (bicyclic) bond motifs is 1. The second kappa shape index (κ2) is 5.03. The number of nitrogen functional groups attached to an aromatic ring is 1. The van der Waals surface area contributed by atoms with Gasteiger partial charge in [-0.2, -0.15) is 0 Å². The summed E-state index contributed by atoms with van der Waals surface area (Å²) < 4.78 is 14.0. The monoisotopic (exact) mass is 288 g/mol. The standard InChI is InChI=1S/C14H10ClFN4/c15-8-5-6-12-10(7-8)13(19-14(18-12)20-17)9-3-1-2-4-11(9)16/h1-7H,17H2,(H,18,19,20). The predicted molar refractivity (Wildman–Crippen MR) is 77.8 cm³/mol. The molecule has 2 aromatic carbocycles. The van der Waals surface area contributed by atoms with E-state index < -0.39 is 0 Å². The number of halogens is 2. The number of hydrogen-bond acceptors (Lipinski definition) is 4. The topological polar surface area (TPSA) is 63.8 Å². The van der Waals surface area contributed by atoms with E-state index in [0.717, 1.165) is 0 Å². The minimum absolute atomic E-state index is 0.220. The van der Waals surface area contributed by atoms with E-state index >= 15 is 0 Å². The van der Waals surface area contributed by atoms with Crippen molar-refractivity contribution in [2.24, 2.45) is 5.84 Å². The molecule has 0 aliphatic carbocycles. The van der Waals surface area contributed by atoms with Gasteiger partial charge in [0.25, 0.3) is 0 Å². The first-order valence-electron chi connectivity index (χ1n) is 5.88. The smallest absolute Gasteiger partial charge is 0.238 e. The number of nitrogens with two attached hydrogens (primary N) is 1. The number of benzene rings is 2.